The lowest BCUT2D eigenvalue weighted by Crippen LogP contribution is -2.41. The van der Waals surface area contributed by atoms with Crippen LogP contribution in [0.4, 0.5) is 4.79 Å². The van der Waals surface area contributed by atoms with Crippen molar-refractivity contribution in [3.8, 4) is 0 Å². The zero-order valence-electron chi connectivity index (χ0n) is 11.6. The lowest BCUT2D eigenvalue weighted by Gasteiger charge is -2.16. The number of carbonyl (C=O) groups excluding carboxylic acids is 1. The number of rotatable bonds is 7. The molecule has 1 aromatic carbocycles. The first-order chi connectivity index (χ1) is 9.54. The highest BCUT2D eigenvalue weighted by Gasteiger charge is 2.21. The van der Waals surface area contributed by atoms with Crippen molar-refractivity contribution in [2.75, 3.05) is 12.8 Å². The van der Waals surface area contributed by atoms with Crippen molar-refractivity contribution < 1.29 is 14.7 Å². The molecule has 0 aromatic heterocycles. The molecule has 3 N–H and O–H groups in total. The van der Waals surface area contributed by atoms with Crippen molar-refractivity contribution in [3.05, 3.63) is 35.9 Å². The Morgan fingerprint density at radius 3 is 2.50 bits per heavy atom. The van der Waals surface area contributed by atoms with Crippen LogP contribution in [0.2, 0.25) is 0 Å². The van der Waals surface area contributed by atoms with Gasteiger partial charge in [-0.05, 0) is 18.2 Å². The molecule has 2 unspecified atom stereocenters. The molecule has 0 aliphatic heterocycles. The molecular formula is C14H20N2O3S. The summed E-state index contributed by atoms with van der Waals surface area (Å²) in [4.78, 5) is 22.9. The van der Waals surface area contributed by atoms with Gasteiger partial charge in [-0.3, -0.25) is 0 Å². The van der Waals surface area contributed by atoms with Gasteiger partial charge in [-0.25, -0.2) is 9.59 Å². The van der Waals surface area contributed by atoms with Gasteiger partial charge in [0.2, 0.25) is 0 Å². The summed E-state index contributed by atoms with van der Waals surface area (Å²) < 4.78 is 0. The second-order valence-corrected chi connectivity index (χ2v) is 5.69. The molecular weight excluding hydrogens is 276 g/mol. The fraction of sp³-hybridized carbons (Fsp3) is 0.429. The highest BCUT2D eigenvalue weighted by molar-refractivity contribution is 7.99. The number of benzene rings is 1. The number of hydrogen-bond donors (Lipinski definition) is 3. The van der Waals surface area contributed by atoms with Gasteiger partial charge in [-0.15, -0.1) is 0 Å². The standard InChI is InChI=1S/C14H20N2O3S/c1-10(20-2)8-9-15-14(19)16-12(13(17)18)11-6-4-3-5-7-11/h3-7,10,12H,8-9H2,1-2H3,(H,17,18)(H2,15,16,19). The highest BCUT2D eigenvalue weighted by atomic mass is 32.2. The first-order valence-corrected chi connectivity index (χ1v) is 7.68. The molecule has 6 heteroatoms. The number of carbonyl (C=O) groups is 2. The summed E-state index contributed by atoms with van der Waals surface area (Å²) in [6.07, 6.45) is 2.86. The van der Waals surface area contributed by atoms with Gasteiger partial charge in [0, 0.05) is 11.8 Å². The van der Waals surface area contributed by atoms with Crippen LogP contribution in [0.25, 0.3) is 0 Å². The fourth-order valence-electron chi connectivity index (χ4n) is 1.62. The van der Waals surface area contributed by atoms with E-state index in [1.807, 2.05) is 6.26 Å². The first-order valence-electron chi connectivity index (χ1n) is 6.39. The summed E-state index contributed by atoms with van der Waals surface area (Å²) in [5, 5.41) is 14.8. The lowest BCUT2D eigenvalue weighted by atomic mass is 10.1. The molecule has 0 aliphatic rings. The minimum absolute atomic E-state index is 0.458. The SMILES string of the molecule is CSC(C)CCNC(=O)NC(C(=O)O)c1ccccc1. The first kappa shape index (κ1) is 16.4. The molecule has 2 atom stereocenters. The van der Waals surface area contributed by atoms with Crippen LogP contribution in [0.15, 0.2) is 30.3 Å². The molecule has 0 bridgehead atoms. The summed E-state index contributed by atoms with van der Waals surface area (Å²) in [6.45, 7) is 2.60. The van der Waals surface area contributed by atoms with E-state index in [2.05, 4.69) is 17.6 Å². The molecule has 2 amide bonds. The second kappa shape index (κ2) is 8.47. The maximum atomic E-state index is 11.7. The third-order valence-electron chi connectivity index (χ3n) is 2.89. The van der Waals surface area contributed by atoms with E-state index < -0.39 is 18.0 Å². The van der Waals surface area contributed by atoms with Crippen LogP contribution in [-0.4, -0.2) is 35.2 Å². The van der Waals surface area contributed by atoms with Crippen LogP contribution in [0.5, 0.6) is 0 Å². The quantitative estimate of drug-likeness (QED) is 0.721. The zero-order valence-corrected chi connectivity index (χ0v) is 12.4. The molecule has 0 radical (unpaired) electrons. The van der Waals surface area contributed by atoms with Crippen molar-refractivity contribution >= 4 is 23.8 Å². The Kier molecular flexibility index (Phi) is 6.93. The maximum absolute atomic E-state index is 11.7. The number of thioether (sulfide) groups is 1. The van der Waals surface area contributed by atoms with Crippen molar-refractivity contribution in [3.63, 3.8) is 0 Å². The van der Waals surface area contributed by atoms with Gasteiger partial charge in [0.1, 0.15) is 0 Å². The molecule has 0 saturated heterocycles. The number of amides is 2. The number of nitrogens with one attached hydrogen (secondary N) is 2. The summed E-state index contributed by atoms with van der Waals surface area (Å²) in [5.74, 6) is -1.08. The summed E-state index contributed by atoms with van der Waals surface area (Å²) in [7, 11) is 0. The summed E-state index contributed by atoms with van der Waals surface area (Å²) in [5.41, 5.74) is 0.549. The molecule has 20 heavy (non-hydrogen) atoms. The van der Waals surface area contributed by atoms with E-state index in [-0.39, 0.29) is 0 Å². The Morgan fingerprint density at radius 2 is 1.95 bits per heavy atom. The van der Waals surface area contributed by atoms with Gasteiger partial charge < -0.3 is 15.7 Å². The molecule has 110 valence electrons. The van der Waals surface area contributed by atoms with Crippen LogP contribution in [0, 0.1) is 0 Å². The average molecular weight is 296 g/mol. The third-order valence-corrected chi connectivity index (χ3v) is 3.93. The van der Waals surface area contributed by atoms with Crippen LogP contribution in [0.3, 0.4) is 0 Å². The third kappa shape index (κ3) is 5.52. The zero-order chi connectivity index (χ0) is 15.0. The summed E-state index contributed by atoms with van der Waals surface area (Å²) in [6, 6.07) is 7.13. The second-order valence-electron chi connectivity index (χ2n) is 4.42. The van der Waals surface area contributed by atoms with Gasteiger partial charge >= 0.3 is 12.0 Å². The number of hydrogen-bond acceptors (Lipinski definition) is 3. The van der Waals surface area contributed by atoms with Crippen LogP contribution in [0.1, 0.15) is 24.9 Å². The van der Waals surface area contributed by atoms with Crippen molar-refractivity contribution in [1.82, 2.24) is 10.6 Å². The van der Waals surface area contributed by atoms with Crippen LogP contribution >= 0.6 is 11.8 Å². The van der Waals surface area contributed by atoms with Crippen LogP contribution < -0.4 is 10.6 Å². The van der Waals surface area contributed by atoms with E-state index in [1.165, 1.54) is 0 Å². The van der Waals surface area contributed by atoms with E-state index in [9.17, 15) is 14.7 Å². The summed E-state index contributed by atoms with van der Waals surface area (Å²) >= 11 is 1.73. The Morgan fingerprint density at radius 1 is 1.30 bits per heavy atom. The van der Waals surface area contributed by atoms with E-state index in [0.717, 1.165) is 6.42 Å². The number of carboxylic acids is 1. The number of aliphatic carboxylic acids is 1. The molecule has 0 fully saturated rings. The van der Waals surface area contributed by atoms with Gasteiger partial charge in [0.05, 0.1) is 0 Å². The van der Waals surface area contributed by atoms with Crippen LogP contribution in [-0.2, 0) is 4.79 Å². The Labute approximate surface area is 123 Å². The Hall–Kier alpha value is -1.69. The lowest BCUT2D eigenvalue weighted by molar-refractivity contribution is -0.139. The molecule has 0 heterocycles. The highest BCUT2D eigenvalue weighted by Crippen LogP contribution is 2.12. The molecule has 1 rings (SSSR count). The Bertz CT molecular complexity index is 439. The Balaban J connectivity index is 2.51. The normalized spacial score (nSPS) is 13.3. The van der Waals surface area contributed by atoms with Crippen molar-refractivity contribution in [2.24, 2.45) is 0 Å². The van der Waals surface area contributed by atoms with Gasteiger partial charge in [-0.2, -0.15) is 11.8 Å². The molecule has 0 spiro atoms. The largest absolute Gasteiger partial charge is 0.479 e. The molecule has 0 saturated carbocycles. The van der Waals surface area contributed by atoms with Gasteiger partial charge in [-0.1, -0.05) is 37.3 Å². The molecule has 5 nitrogen and oxygen atoms in total. The van der Waals surface area contributed by atoms with E-state index in [0.29, 0.717) is 17.4 Å². The number of carboxylic acid groups (broad SMARTS) is 1. The van der Waals surface area contributed by atoms with E-state index >= 15 is 0 Å². The van der Waals surface area contributed by atoms with E-state index in [1.54, 1.807) is 42.1 Å². The van der Waals surface area contributed by atoms with Crippen molar-refractivity contribution in [1.29, 1.82) is 0 Å². The number of urea groups is 1. The minimum atomic E-state index is -1.08. The molecule has 1 aromatic rings. The smallest absolute Gasteiger partial charge is 0.330 e. The fourth-order valence-corrected chi connectivity index (χ4v) is 1.98. The predicted octanol–water partition coefficient (Wildman–Crippen LogP) is 2.25. The molecule has 0 aliphatic carbocycles. The predicted molar refractivity (Wildman–Crippen MR) is 80.9 cm³/mol. The minimum Gasteiger partial charge on any atom is -0.479 e. The van der Waals surface area contributed by atoms with Gasteiger partial charge in [0.25, 0.3) is 0 Å². The monoisotopic (exact) mass is 296 g/mol. The van der Waals surface area contributed by atoms with E-state index in [4.69, 9.17) is 0 Å². The maximum Gasteiger partial charge on any atom is 0.330 e. The topological polar surface area (TPSA) is 78.4 Å². The van der Waals surface area contributed by atoms with Gasteiger partial charge in [0.15, 0.2) is 6.04 Å². The van der Waals surface area contributed by atoms with Crippen molar-refractivity contribution in [2.45, 2.75) is 24.6 Å². The average Bonchev–Trinajstić information content (AvgIpc) is 2.45.